The highest BCUT2D eigenvalue weighted by Gasteiger charge is 2.53. The highest BCUT2D eigenvalue weighted by Crippen LogP contribution is 2.46. The lowest BCUT2D eigenvalue weighted by Crippen LogP contribution is -2.62. The molecule has 3 nitrogen and oxygen atoms in total. The summed E-state index contributed by atoms with van der Waals surface area (Å²) in [7, 11) is 27.7. The SMILES string of the molecule is Bc1c(B)c2c(c(B)c1B1OC(C)(C)C(C)(C)O1)C(B)(B)c1c(B)c(B)c(B)c3c4sc5c(B)c(B)c(B)c(B)c5c4n-2c13. The lowest BCUT2D eigenvalue weighted by atomic mass is 9.41. The number of hydrogen-bond donors (Lipinski definition) is 0. The molecular weight excluding hydrogens is 543 g/mol. The number of aromatic nitrogens is 1. The van der Waals surface area contributed by atoms with Crippen molar-refractivity contribution in [3.63, 3.8) is 0 Å². The van der Waals surface area contributed by atoms with Crippen LogP contribution in [0.15, 0.2) is 0 Å². The van der Waals surface area contributed by atoms with Crippen molar-refractivity contribution >= 4 is 204 Å². The first kappa shape index (κ1) is 30.8. The first-order valence-electron chi connectivity index (χ1n) is 16.2. The predicted octanol–water partition coefficient (Wildman–Crippen LogP) is -13.3. The van der Waals surface area contributed by atoms with Gasteiger partial charge in [0.15, 0.2) is 0 Å². The van der Waals surface area contributed by atoms with Gasteiger partial charge in [0.2, 0.25) is 0 Å². The van der Waals surface area contributed by atoms with Gasteiger partial charge in [-0.25, -0.2) is 0 Å². The van der Waals surface area contributed by atoms with Crippen LogP contribution >= 0.6 is 11.3 Å². The molecule has 3 aromatic carbocycles. The van der Waals surface area contributed by atoms with Crippen molar-refractivity contribution in [1.82, 2.24) is 4.57 Å². The molecule has 0 radical (unpaired) electrons. The smallest absolute Gasteiger partial charge is 0.399 e. The molecule has 0 unspecified atom stereocenters. The van der Waals surface area contributed by atoms with Gasteiger partial charge < -0.3 is 13.9 Å². The van der Waals surface area contributed by atoms with Crippen molar-refractivity contribution in [1.29, 1.82) is 0 Å². The van der Waals surface area contributed by atoms with Crippen LogP contribution < -0.4 is 60.1 Å². The second-order valence-corrected chi connectivity index (χ2v) is 16.5. The molecule has 2 aromatic heterocycles. The molecule has 206 valence electrons. The fourth-order valence-electron chi connectivity index (χ4n) is 8.72. The summed E-state index contributed by atoms with van der Waals surface area (Å²) in [4.78, 5) is 0. The molecule has 0 N–H and O–H groups in total. The molecule has 1 saturated heterocycles. The van der Waals surface area contributed by atoms with Crippen molar-refractivity contribution in [2.24, 2.45) is 0 Å². The molecular formula is C27H36B13NO2S. The van der Waals surface area contributed by atoms with Gasteiger partial charge in [0.05, 0.1) is 26.9 Å². The molecule has 5 aromatic rings. The minimum Gasteiger partial charge on any atom is -0.399 e. The summed E-state index contributed by atoms with van der Waals surface area (Å²) >= 11 is 2.01. The van der Waals surface area contributed by atoms with Crippen LogP contribution in [-0.4, -0.2) is 117 Å². The van der Waals surface area contributed by atoms with E-state index in [1.807, 2.05) is 11.3 Å². The molecule has 2 aliphatic heterocycles. The maximum Gasteiger partial charge on any atom is 0.493 e. The summed E-state index contributed by atoms with van der Waals surface area (Å²) in [6, 6.07) is 0. The van der Waals surface area contributed by atoms with Crippen molar-refractivity contribution in [2.45, 2.75) is 44.1 Å². The molecule has 0 saturated carbocycles. The fraction of sp³-hybridized carbons (Fsp3) is 0.259. The summed E-state index contributed by atoms with van der Waals surface area (Å²) in [6.45, 7) is 8.61. The van der Waals surface area contributed by atoms with Gasteiger partial charge in [0.25, 0.3) is 0 Å². The zero-order valence-electron chi connectivity index (χ0n) is 29.7. The Kier molecular flexibility index (Phi) is 6.42. The molecule has 17 heteroatoms. The molecule has 44 heavy (non-hydrogen) atoms. The number of benzene rings is 3. The minimum atomic E-state index is -0.399. The third kappa shape index (κ3) is 3.48. The third-order valence-corrected chi connectivity index (χ3v) is 13.9. The van der Waals surface area contributed by atoms with Crippen LogP contribution in [0.5, 0.6) is 0 Å². The summed E-state index contributed by atoms with van der Waals surface area (Å²) in [5.74, 6) is 0. The van der Waals surface area contributed by atoms with Gasteiger partial charge in [-0.1, -0.05) is 38.2 Å². The molecule has 0 amide bonds. The van der Waals surface area contributed by atoms with E-state index in [9.17, 15) is 0 Å². The van der Waals surface area contributed by atoms with E-state index >= 15 is 0 Å². The van der Waals surface area contributed by atoms with Crippen LogP contribution in [0.25, 0.3) is 36.9 Å². The Morgan fingerprint density at radius 2 is 1.05 bits per heavy atom. The Labute approximate surface area is 277 Å². The van der Waals surface area contributed by atoms with Crippen LogP contribution in [0.1, 0.15) is 38.8 Å². The van der Waals surface area contributed by atoms with Gasteiger partial charge in [0, 0.05) is 21.2 Å². The van der Waals surface area contributed by atoms with Gasteiger partial charge in [-0.3, -0.25) is 0 Å². The molecule has 4 heterocycles. The summed E-state index contributed by atoms with van der Waals surface area (Å²) in [6.07, 6.45) is 0. The van der Waals surface area contributed by atoms with E-state index in [1.54, 1.807) is 0 Å². The van der Waals surface area contributed by atoms with E-state index < -0.39 is 18.3 Å². The predicted molar refractivity (Wildman–Crippen MR) is 232 cm³/mol. The topological polar surface area (TPSA) is 23.4 Å². The Hall–Kier alpha value is -1.82. The lowest BCUT2D eigenvalue weighted by molar-refractivity contribution is 0.00578. The van der Waals surface area contributed by atoms with E-state index in [0.717, 1.165) is 0 Å². The van der Waals surface area contributed by atoms with Crippen molar-refractivity contribution < 1.29 is 9.31 Å². The first-order valence-corrected chi connectivity index (χ1v) is 17.1. The van der Waals surface area contributed by atoms with Crippen LogP contribution in [0.2, 0.25) is 0 Å². The average molecular weight is 579 g/mol. The minimum absolute atomic E-state index is 0.208. The van der Waals surface area contributed by atoms with Crippen molar-refractivity contribution in [3.05, 3.63) is 11.1 Å². The Morgan fingerprint density at radius 1 is 0.545 bits per heavy atom. The van der Waals surface area contributed by atoms with Crippen molar-refractivity contribution in [3.8, 4) is 5.69 Å². The highest BCUT2D eigenvalue weighted by molar-refractivity contribution is 7.28. The van der Waals surface area contributed by atoms with E-state index in [1.165, 1.54) is 108 Å². The fourth-order valence-corrected chi connectivity index (χ4v) is 10.2. The normalized spacial score (nSPS) is 18.0. The molecule has 0 atom stereocenters. The summed E-state index contributed by atoms with van der Waals surface area (Å²) in [5, 5.41) is 2.66. The quantitative estimate of drug-likeness (QED) is 0.185. The lowest BCUT2D eigenvalue weighted by Gasteiger charge is -2.41. The van der Waals surface area contributed by atoms with Crippen LogP contribution in [0.4, 0.5) is 0 Å². The largest absolute Gasteiger partial charge is 0.493 e. The van der Waals surface area contributed by atoms with E-state index in [0.29, 0.717) is 0 Å². The summed E-state index contributed by atoms with van der Waals surface area (Å²) in [5.41, 5.74) is 21.2. The Balaban J connectivity index is 1.73. The van der Waals surface area contributed by atoms with Gasteiger partial charge in [-0.15, -0.1) is 27.7 Å². The number of thiophene rings is 1. The number of rotatable bonds is 1. The maximum absolute atomic E-state index is 6.74. The van der Waals surface area contributed by atoms with Crippen LogP contribution in [-0.2, 0) is 14.5 Å². The number of hydrogen-bond acceptors (Lipinski definition) is 3. The standard InChI is InChI=1S/C27H36B13NO2S/c1-25(2)26(3,4)43-40(42-25)19-12(31)8-22(17(36)16(19)35)41-20-5(9(28)13(32)11(30)7(20)27(8,38)39)24-21(41)6-10(29)14(33)15(34)18(37)23(6)44-24/h28-39H2,1-4H3. The van der Waals surface area contributed by atoms with Crippen molar-refractivity contribution in [2.75, 3.05) is 0 Å². The average Bonchev–Trinajstić information content (AvgIpc) is 3.52. The monoisotopic (exact) mass is 581 g/mol. The molecule has 0 bridgehead atoms. The molecule has 0 spiro atoms. The van der Waals surface area contributed by atoms with E-state index in [-0.39, 0.29) is 5.21 Å². The third-order valence-electron chi connectivity index (χ3n) is 12.6. The van der Waals surface area contributed by atoms with Gasteiger partial charge >= 0.3 is 7.12 Å². The van der Waals surface area contributed by atoms with Gasteiger partial charge in [-0.2, -0.15) is 0 Å². The molecule has 0 aliphatic carbocycles. The maximum atomic E-state index is 6.74. The zero-order chi connectivity index (χ0) is 32.3. The number of fused-ring (bicyclic) bond motifs is 7. The Morgan fingerprint density at radius 3 is 1.61 bits per heavy atom. The number of nitrogens with zero attached hydrogens (tertiary/aromatic N) is 1. The van der Waals surface area contributed by atoms with E-state index in [4.69, 9.17) is 9.31 Å². The second kappa shape index (κ2) is 9.16. The molecule has 2 aliphatic rings. The van der Waals surface area contributed by atoms with Crippen LogP contribution in [0.3, 0.4) is 0 Å². The molecule has 7 rings (SSSR count). The molecule has 1 fully saturated rings. The van der Waals surface area contributed by atoms with Gasteiger partial charge in [-0.05, 0) is 49.5 Å². The van der Waals surface area contributed by atoms with E-state index in [2.05, 4.69) is 126 Å². The zero-order valence-corrected chi connectivity index (χ0v) is 30.6. The van der Waals surface area contributed by atoms with Gasteiger partial charge in [0.1, 0.15) is 94.2 Å². The highest BCUT2D eigenvalue weighted by atomic mass is 32.1. The van der Waals surface area contributed by atoms with Crippen LogP contribution in [0, 0.1) is 0 Å². The Bertz CT molecular complexity index is 2170. The second-order valence-electron chi connectivity index (χ2n) is 15.5. The first-order chi connectivity index (χ1) is 20.3. The summed E-state index contributed by atoms with van der Waals surface area (Å²) < 4.78 is 19.0.